The molecule has 2 amide bonds. The maximum atomic E-state index is 11.6. The first-order valence-corrected chi connectivity index (χ1v) is 8.43. The number of pyridine rings is 1. The van der Waals surface area contributed by atoms with E-state index in [0.717, 1.165) is 0 Å². The molecule has 0 aromatic carbocycles. The van der Waals surface area contributed by atoms with Crippen LogP contribution in [0.4, 0.5) is 0 Å². The predicted octanol–water partition coefficient (Wildman–Crippen LogP) is 2.06. The Kier molecular flexibility index (Phi) is 4.39. The lowest BCUT2D eigenvalue weighted by Gasteiger charge is -1.98. The highest BCUT2D eigenvalue weighted by Crippen LogP contribution is 2.27. The molecule has 3 heterocycles. The highest BCUT2D eigenvalue weighted by atomic mass is 32.2. The van der Waals surface area contributed by atoms with Crippen molar-refractivity contribution in [3.8, 4) is 0 Å². The average molecular weight is 365 g/mol. The van der Waals surface area contributed by atoms with Gasteiger partial charge in [0.05, 0.1) is 21.2 Å². The smallest absolute Gasteiger partial charge is 0.263 e. The molecule has 110 valence electrons. The Morgan fingerprint density at radius 3 is 1.73 bits per heavy atom. The lowest BCUT2D eigenvalue weighted by molar-refractivity contribution is -0.116. The highest BCUT2D eigenvalue weighted by molar-refractivity contribution is 8.27. The summed E-state index contributed by atoms with van der Waals surface area (Å²) in [5.74, 6) is -0.451. The second-order valence-corrected chi connectivity index (χ2v) is 7.63. The predicted molar refractivity (Wildman–Crippen MR) is 96.9 cm³/mol. The van der Waals surface area contributed by atoms with E-state index >= 15 is 0 Å². The monoisotopic (exact) mass is 365 g/mol. The number of thiocarbonyl (C=S) groups is 2. The minimum absolute atomic E-state index is 0.225. The summed E-state index contributed by atoms with van der Waals surface area (Å²) < 4.78 is 0.865. The van der Waals surface area contributed by atoms with E-state index < -0.39 is 0 Å². The number of hydrogen-bond donors (Lipinski definition) is 2. The lowest BCUT2D eigenvalue weighted by atomic mass is 10.2. The van der Waals surface area contributed by atoms with Gasteiger partial charge in [-0.2, -0.15) is 0 Å². The van der Waals surface area contributed by atoms with Crippen LogP contribution >= 0.6 is 48.0 Å². The van der Waals surface area contributed by atoms with Gasteiger partial charge < -0.3 is 10.6 Å². The zero-order valence-electron chi connectivity index (χ0n) is 10.8. The van der Waals surface area contributed by atoms with Crippen LogP contribution in [-0.2, 0) is 9.59 Å². The molecule has 2 fully saturated rings. The Hall–Kier alpha value is -1.55. The fraction of sp³-hybridized carbons (Fsp3) is 0. The van der Waals surface area contributed by atoms with Crippen molar-refractivity contribution >= 4 is 80.6 Å². The van der Waals surface area contributed by atoms with Crippen LogP contribution in [0.5, 0.6) is 0 Å². The second-order valence-electron chi connectivity index (χ2n) is 4.19. The van der Waals surface area contributed by atoms with E-state index in [1.165, 1.54) is 23.5 Å². The van der Waals surface area contributed by atoms with Crippen LogP contribution in [0.15, 0.2) is 28.0 Å². The van der Waals surface area contributed by atoms with Gasteiger partial charge in [-0.05, 0) is 24.3 Å². The second kappa shape index (κ2) is 6.29. The summed E-state index contributed by atoms with van der Waals surface area (Å²) in [5, 5.41) is 5.10. The van der Waals surface area contributed by atoms with Crippen molar-refractivity contribution in [3.05, 3.63) is 39.4 Å². The SMILES string of the molecule is O=C1NC(=S)SC1=Cc1cccc(C=C2SC(=S)NC2=O)n1. The van der Waals surface area contributed by atoms with Gasteiger partial charge in [0.15, 0.2) is 0 Å². The van der Waals surface area contributed by atoms with Crippen LogP contribution in [0.3, 0.4) is 0 Å². The maximum Gasteiger partial charge on any atom is 0.263 e. The minimum Gasteiger partial charge on any atom is -0.307 e. The summed E-state index contributed by atoms with van der Waals surface area (Å²) >= 11 is 12.3. The zero-order valence-corrected chi connectivity index (χ0v) is 14.0. The molecule has 1 aromatic rings. The molecule has 22 heavy (non-hydrogen) atoms. The fourth-order valence-electron chi connectivity index (χ4n) is 1.74. The van der Waals surface area contributed by atoms with Gasteiger partial charge in [-0.25, -0.2) is 4.98 Å². The van der Waals surface area contributed by atoms with Gasteiger partial charge in [0.2, 0.25) is 0 Å². The standard InChI is InChI=1S/C13H7N3O2S4/c17-10-8(21-12(19)15-10)4-6-2-1-3-7(14-6)5-9-11(18)16-13(20)22-9/h1-5H,(H,15,17,19)(H,16,18,20). The van der Waals surface area contributed by atoms with Crippen LogP contribution < -0.4 is 10.6 Å². The molecule has 0 unspecified atom stereocenters. The number of nitrogens with zero attached hydrogens (tertiary/aromatic N) is 1. The molecular weight excluding hydrogens is 358 g/mol. The van der Waals surface area contributed by atoms with E-state index in [9.17, 15) is 9.59 Å². The van der Waals surface area contributed by atoms with Gasteiger partial charge in [-0.3, -0.25) is 9.59 Å². The fourth-order valence-corrected chi connectivity index (χ4v) is 3.80. The summed E-state index contributed by atoms with van der Waals surface area (Å²) in [6, 6.07) is 5.35. The summed E-state index contributed by atoms with van der Waals surface area (Å²) in [6.45, 7) is 0. The molecule has 0 spiro atoms. The van der Waals surface area contributed by atoms with Crippen molar-refractivity contribution in [2.24, 2.45) is 0 Å². The quantitative estimate of drug-likeness (QED) is 0.614. The number of rotatable bonds is 2. The number of aromatic nitrogens is 1. The Bertz CT molecular complexity index is 724. The molecule has 0 radical (unpaired) electrons. The van der Waals surface area contributed by atoms with Gasteiger partial charge in [-0.15, -0.1) is 0 Å². The van der Waals surface area contributed by atoms with Crippen LogP contribution in [0, 0.1) is 0 Å². The molecule has 3 rings (SSSR count). The first kappa shape index (κ1) is 15.3. The summed E-state index contributed by atoms with van der Waals surface area (Å²) in [4.78, 5) is 28.7. The normalized spacial score (nSPS) is 21.6. The van der Waals surface area contributed by atoms with Gasteiger partial charge in [-0.1, -0.05) is 54.0 Å². The third-order valence-corrected chi connectivity index (χ3v) is 4.96. The average Bonchev–Trinajstić information content (AvgIpc) is 2.92. The molecule has 0 aliphatic carbocycles. The molecule has 0 atom stereocenters. The topological polar surface area (TPSA) is 71.1 Å². The van der Waals surface area contributed by atoms with Crippen molar-refractivity contribution in [2.75, 3.05) is 0 Å². The van der Waals surface area contributed by atoms with Crippen molar-refractivity contribution in [1.82, 2.24) is 15.6 Å². The third kappa shape index (κ3) is 3.43. The van der Waals surface area contributed by atoms with Gasteiger partial charge in [0, 0.05) is 0 Å². The lowest BCUT2D eigenvalue weighted by Crippen LogP contribution is -2.17. The van der Waals surface area contributed by atoms with Crippen molar-refractivity contribution in [3.63, 3.8) is 0 Å². The number of carbonyl (C=O) groups excluding carboxylic acids is 2. The number of carbonyl (C=O) groups is 2. The zero-order chi connectivity index (χ0) is 15.7. The molecule has 2 saturated heterocycles. The largest absolute Gasteiger partial charge is 0.307 e. The molecule has 1 aromatic heterocycles. The molecule has 9 heteroatoms. The van der Waals surface area contributed by atoms with E-state index in [1.54, 1.807) is 30.4 Å². The van der Waals surface area contributed by atoms with E-state index in [4.69, 9.17) is 24.4 Å². The number of nitrogens with one attached hydrogen (secondary N) is 2. The first-order valence-electron chi connectivity index (χ1n) is 5.98. The Morgan fingerprint density at radius 2 is 1.36 bits per heavy atom. The summed E-state index contributed by atoms with van der Waals surface area (Å²) in [7, 11) is 0. The van der Waals surface area contributed by atoms with Crippen LogP contribution in [0.25, 0.3) is 12.2 Å². The van der Waals surface area contributed by atoms with Crippen LogP contribution in [0.1, 0.15) is 11.4 Å². The van der Waals surface area contributed by atoms with Crippen molar-refractivity contribution < 1.29 is 9.59 Å². The Labute approximate surface area is 145 Å². The molecule has 5 nitrogen and oxygen atoms in total. The highest BCUT2D eigenvalue weighted by Gasteiger charge is 2.23. The minimum atomic E-state index is -0.225. The number of thioether (sulfide) groups is 2. The molecule has 0 saturated carbocycles. The molecular formula is C13H7N3O2S4. The van der Waals surface area contributed by atoms with Gasteiger partial charge in [0.1, 0.15) is 8.64 Å². The Morgan fingerprint density at radius 1 is 0.909 bits per heavy atom. The first-order chi connectivity index (χ1) is 10.5. The van der Waals surface area contributed by atoms with Crippen LogP contribution in [0.2, 0.25) is 0 Å². The maximum absolute atomic E-state index is 11.6. The third-order valence-electron chi connectivity index (χ3n) is 2.63. The van der Waals surface area contributed by atoms with E-state index in [2.05, 4.69) is 15.6 Å². The molecule has 0 bridgehead atoms. The van der Waals surface area contributed by atoms with E-state index in [0.29, 0.717) is 29.8 Å². The van der Waals surface area contributed by atoms with Crippen molar-refractivity contribution in [2.45, 2.75) is 0 Å². The molecule has 2 N–H and O–H groups in total. The number of hydrogen-bond acceptors (Lipinski definition) is 7. The summed E-state index contributed by atoms with van der Waals surface area (Å²) in [6.07, 6.45) is 3.32. The Balaban J connectivity index is 1.88. The van der Waals surface area contributed by atoms with Crippen molar-refractivity contribution in [1.29, 1.82) is 0 Å². The van der Waals surface area contributed by atoms with Crippen LogP contribution in [-0.4, -0.2) is 25.4 Å². The molecule has 2 aliphatic heterocycles. The van der Waals surface area contributed by atoms with Gasteiger partial charge in [0.25, 0.3) is 11.8 Å². The van der Waals surface area contributed by atoms with Gasteiger partial charge >= 0.3 is 0 Å². The van der Waals surface area contributed by atoms with E-state index in [1.807, 2.05) is 0 Å². The summed E-state index contributed by atoms with van der Waals surface area (Å²) in [5.41, 5.74) is 1.23. The van der Waals surface area contributed by atoms with E-state index in [-0.39, 0.29) is 11.8 Å². The number of amides is 2. The molecule has 2 aliphatic rings.